The van der Waals surface area contributed by atoms with Crippen molar-refractivity contribution in [2.75, 3.05) is 20.2 Å². The number of nitrogens with zero attached hydrogens (tertiary/aromatic N) is 1. The molecule has 1 aliphatic heterocycles. The highest BCUT2D eigenvalue weighted by atomic mass is 16.5. The topological polar surface area (TPSA) is 55.6 Å². The number of methoxy groups -OCH3 is 1. The summed E-state index contributed by atoms with van der Waals surface area (Å²) in [6.07, 6.45) is 1.92. The number of esters is 1. The summed E-state index contributed by atoms with van der Waals surface area (Å²) in [6, 6.07) is 8.14. The van der Waals surface area contributed by atoms with Gasteiger partial charge in [-0.1, -0.05) is 29.8 Å². The lowest BCUT2D eigenvalue weighted by atomic mass is 9.89. The Hall–Kier alpha value is -1.39. The lowest BCUT2D eigenvalue weighted by Crippen LogP contribution is -2.45. The van der Waals surface area contributed by atoms with Crippen LogP contribution in [0, 0.1) is 12.8 Å². The Morgan fingerprint density at radius 2 is 2.15 bits per heavy atom. The molecule has 1 aliphatic rings. The molecule has 0 radical (unpaired) electrons. The molecule has 1 aromatic rings. The van der Waals surface area contributed by atoms with Crippen LogP contribution < -0.4 is 5.73 Å². The zero-order chi connectivity index (χ0) is 14.5. The molecule has 2 rings (SSSR count). The van der Waals surface area contributed by atoms with Crippen LogP contribution in [0.5, 0.6) is 0 Å². The van der Waals surface area contributed by atoms with E-state index in [-0.39, 0.29) is 11.9 Å². The fourth-order valence-electron chi connectivity index (χ4n) is 2.87. The normalized spacial score (nSPS) is 18.8. The summed E-state index contributed by atoms with van der Waals surface area (Å²) >= 11 is 0. The fraction of sp³-hybridized carbons (Fsp3) is 0.562. The number of carbonyl (C=O) groups excluding carboxylic acids is 1. The Balaban J connectivity index is 1.84. The number of hydrogen-bond acceptors (Lipinski definition) is 4. The van der Waals surface area contributed by atoms with Gasteiger partial charge < -0.3 is 10.5 Å². The van der Waals surface area contributed by atoms with Crippen molar-refractivity contribution in [1.29, 1.82) is 0 Å². The van der Waals surface area contributed by atoms with Gasteiger partial charge in [-0.2, -0.15) is 0 Å². The lowest BCUT2D eigenvalue weighted by molar-refractivity contribution is -0.144. The third kappa shape index (κ3) is 3.81. The number of nitrogens with two attached hydrogens (primary N) is 1. The van der Waals surface area contributed by atoms with Gasteiger partial charge in [0.2, 0.25) is 0 Å². The summed E-state index contributed by atoms with van der Waals surface area (Å²) in [5.41, 5.74) is 8.57. The van der Waals surface area contributed by atoms with Crippen LogP contribution in [0.4, 0.5) is 0 Å². The fourth-order valence-corrected chi connectivity index (χ4v) is 2.87. The summed E-state index contributed by atoms with van der Waals surface area (Å²) in [5, 5.41) is 0. The van der Waals surface area contributed by atoms with Gasteiger partial charge in [0.1, 0.15) is 6.04 Å². The molecule has 0 saturated carbocycles. The first kappa shape index (κ1) is 15.0. The van der Waals surface area contributed by atoms with Crippen molar-refractivity contribution in [2.24, 2.45) is 11.7 Å². The Morgan fingerprint density at radius 3 is 2.75 bits per heavy atom. The maximum absolute atomic E-state index is 11.5. The van der Waals surface area contributed by atoms with Gasteiger partial charge in [0.15, 0.2) is 0 Å². The van der Waals surface area contributed by atoms with E-state index in [2.05, 4.69) is 36.1 Å². The highest BCUT2D eigenvalue weighted by molar-refractivity contribution is 5.75. The van der Waals surface area contributed by atoms with Crippen LogP contribution in [0.1, 0.15) is 24.0 Å². The largest absolute Gasteiger partial charge is 0.468 e. The van der Waals surface area contributed by atoms with Gasteiger partial charge >= 0.3 is 5.97 Å². The monoisotopic (exact) mass is 276 g/mol. The molecule has 2 N–H and O–H groups in total. The van der Waals surface area contributed by atoms with Gasteiger partial charge in [0.05, 0.1) is 7.11 Å². The number of piperidine rings is 1. The molecule has 1 heterocycles. The van der Waals surface area contributed by atoms with Crippen molar-refractivity contribution in [3.05, 3.63) is 35.4 Å². The second kappa shape index (κ2) is 6.86. The summed E-state index contributed by atoms with van der Waals surface area (Å²) in [6.45, 7) is 5.07. The number of ether oxygens (including phenoxy) is 1. The van der Waals surface area contributed by atoms with Gasteiger partial charge in [-0.25, -0.2) is 0 Å². The molecule has 0 aromatic heterocycles. The summed E-state index contributed by atoms with van der Waals surface area (Å²) in [4.78, 5) is 13.9. The number of hydrogen-bond donors (Lipinski definition) is 1. The minimum Gasteiger partial charge on any atom is -0.468 e. The van der Waals surface area contributed by atoms with Crippen LogP contribution in [0.3, 0.4) is 0 Å². The van der Waals surface area contributed by atoms with Gasteiger partial charge in [0.25, 0.3) is 0 Å². The summed E-state index contributed by atoms with van der Waals surface area (Å²) < 4.78 is 4.72. The Morgan fingerprint density at radius 1 is 1.45 bits per heavy atom. The zero-order valence-corrected chi connectivity index (χ0v) is 12.3. The SMILES string of the molecule is COC(=O)C(N)C1CCN(Cc2cccc(C)c2)CC1. The molecule has 20 heavy (non-hydrogen) atoms. The molecular weight excluding hydrogens is 252 g/mol. The van der Waals surface area contributed by atoms with Crippen LogP contribution in [0.2, 0.25) is 0 Å². The Labute approximate surface area is 120 Å². The molecule has 4 heteroatoms. The van der Waals surface area contributed by atoms with E-state index in [9.17, 15) is 4.79 Å². The average molecular weight is 276 g/mol. The average Bonchev–Trinajstić information content (AvgIpc) is 2.46. The van der Waals surface area contributed by atoms with Crippen LogP contribution >= 0.6 is 0 Å². The van der Waals surface area contributed by atoms with Gasteiger partial charge in [0, 0.05) is 6.54 Å². The molecule has 1 aromatic carbocycles. The van der Waals surface area contributed by atoms with E-state index >= 15 is 0 Å². The van der Waals surface area contributed by atoms with E-state index in [0.29, 0.717) is 0 Å². The molecule has 110 valence electrons. The predicted octanol–water partition coefficient (Wildman–Crippen LogP) is 1.71. The van der Waals surface area contributed by atoms with E-state index in [1.54, 1.807) is 0 Å². The predicted molar refractivity (Wildman–Crippen MR) is 79.2 cm³/mol. The van der Waals surface area contributed by atoms with E-state index in [4.69, 9.17) is 10.5 Å². The highest BCUT2D eigenvalue weighted by Crippen LogP contribution is 2.22. The molecule has 0 spiro atoms. The van der Waals surface area contributed by atoms with Crippen molar-refractivity contribution in [2.45, 2.75) is 32.4 Å². The maximum atomic E-state index is 11.5. The Kier molecular flexibility index (Phi) is 5.15. The first-order valence-electron chi connectivity index (χ1n) is 7.21. The van der Waals surface area contributed by atoms with Crippen molar-refractivity contribution in [3.63, 3.8) is 0 Å². The third-order valence-corrected chi connectivity index (χ3v) is 4.10. The first-order chi connectivity index (χ1) is 9.60. The van der Waals surface area contributed by atoms with E-state index in [1.165, 1.54) is 18.2 Å². The van der Waals surface area contributed by atoms with Crippen LogP contribution in [0.15, 0.2) is 24.3 Å². The van der Waals surface area contributed by atoms with Crippen molar-refractivity contribution in [3.8, 4) is 0 Å². The first-order valence-corrected chi connectivity index (χ1v) is 7.21. The Bertz CT molecular complexity index is 454. The van der Waals surface area contributed by atoms with Crippen LogP contribution in [0.25, 0.3) is 0 Å². The zero-order valence-electron chi connectivity index (χ0n) is 12.3. The minimum absolute atomic E-state index is 0.246. The minimum atomic E-state index is -0.471. The number of aryl methyl sites for hydroxylation is 1. The third-order valence-electron chi connectivity index (χ3n) is 4.10. The molecule has 4 nitrogen and oxygen atoms in total. The van der Waals surface area contributed by atoms with Gasteiger partial charge in [-0.3, -0.25) is 9.69 Å². The number of carbonyl (C=O) groups is 1. The van der Waals surface area contributed by atoms with E-state index < -0.39 is 6.04 Å². The van der Waals surface area contributed by atoms with Crippen LogP contribution in [-0.2, 0) is 16.1 Å². The second-order valence-electron chi connectivity index (χ2n) is 5.65. The smallest absolute Gasteiger partial charge is 0.322 e. The number of rotatable bonds is 4. The maximum Gasteiger partial charge on any atom is 0.322 e. The van der Waals surface area contributed by atoms with Gasteiger partial charge in [-0.05, 0) is 44.3 Å². The number of likely N-dealkylation sites (tertiary alicyclic amines) is 1. The molecule has 1 atom stereocenters. The van der Waals surface area contributed by atoms with Crippen LogP contribution in [-0.4, -0.2) is 37.1 Å². The lowest BCUT2D eigenvalue weighted by Gasteiger charge is -2.33. The standard InChI is InChI=1S/C16H24N2O2/c1-12-4-3-5-13(10-12)11-18-8-6-14(7-9-18)15(17)16(19)20-2/h3-5,10,14-15H,6-9,11,17H2,1-2H3. The molecule has 0 bridgehead atoms. The molecule has 1 unspecified atom stereocenters. The summed E-state index contributed by atoms with van der Waals surface area (Å²) in [7, 11) is 1.40. The quantitative estimate of drug-likeness (QED) is 0.851. The molecule has 0 aliphatic carbocycles. The molecular formula is C16H24N2O2. The molecule has 1 saturated heterocycles. The van der Waals surface area contributed by atoms with Gasteiger partial charge in [-0.15, -0.1) is 0 Å². The highest BCUT2D eigenvalue weighted by Gasteiger charge is 2.29. The van der Waals surface area contributed by atoms with E-state index in [0.717, 1.165) is 32.5 Å². The second-order valence-corrected chi connectivity index (χ2v) is 5.65. The molecule has 1 fully saturated rings. The van der Waals surface area contributed by atoms with Crippen molar-refractivity contribution < 1.29 is 9.53 Å². The molecule has 0 amide bonds. The van der Waals surface area contributed by atoms with E-state index in [1.807, 2.05) is 0 Å². The van der Waals surface area contributed by atoms with Crippen molar-refractivity contribution in [1.82, 2.24) is 4.90 Å². The summed E-state index contributed by atoms with van der Waals surface area (Å²) in [5.74, 6) is -0.0432. The number of benzene rings is 1. The van der Waals surface area contributed by atoms with Crippen molar-refractivity contribution >= 4 is 5.97 Å².